The van der Waals surface area contributed by atoms with E-state index in [0.29, 0.717) is 19.8 Å². The number of anilines is 1. The van der Waals surface area contributed by atoms with Gasteiger partial charge in [0.25, 0.3) is 0 Å². The minimum absolute atomic E-state index is 0.0809. The van der Waals surface area contributed by atoms with E-state index in [9.17, 15) is 13.2 Å². The molecule has 0 aliphatic rings. The lowest BCUT2D eigenvalue weighted by molar-refractivity contribution is -0.137. The van der Waals surface area contributed by atoms with Crippen molar-refractivity contribution < 1.29 is 17.9 Å². The molecule has 0 saturated heterocycles. The van der Waals surface area contributed by atoms with E-state index >= 15 is 0 Å². The van der Waals surface area contributed by atoms with Crippen LogP contribution in [0.4, 0.5) is 18.9 Å². The van der Waals surface area contributed by atoms with Gasteiger partial charge >= 0.3 is 6.18 Å². The highest BCUT2D eigenvalue weighted by atomic mass is 19.4. The second-order valence-corrected chi connectivity index (χ2v) is 3.66. The minimum atomic E-state index is -4.34. The normalized spacial score (nSPS) is 11.3. The Labute approximate surface area is 104 Å². The summed E-state index contributed by atoms with van der Waals surface area (Å²) in [5.74, 6) is 0. The predicted octanol–water partition coefficient (Wildman–Crippen LogP) is 3.71. The second-order valence-electron chi connectivity index (χ2n) is 3.66. The molecule has 0 fully saturated rings. The fraction of sp³-hybridized carbons (Fsp3) is 0.385. The van der Waals surface area contributed by atoms with Crippen LogP contribution >= 0.6 is 0 Å². The quantitative estimate of drug-likeness (QED) is 0.595. The molecule has 1 N–H and O–H groups in total. The topological polar surface area (TPSA) is 21.3 Å². The van der Waals surface area contributed by atoms with Gasteiger partial charge in [0.05, 0.1) is 18.8 Å². The van der Waals surface area contributed by atoms with E-state index in [2.05, 4.69) is 11.9 Å². The molecule has 1 rings (SSSR count). The molecule has 18 heavy (non-hydrogen) atoms. The largest absolute Gasteiger partial charge is 0.418 e. The molecule has 0 atom stereocenters. The van der Waals surface area contributed by atoms with Gasteiger partial charge in [-0.3, -0.25) is 0 Å². The molecule has 100 valence electrons. The number of halogens is 3. The van der Waals surface area contributed by atoms with Crippen LogP contribution in [0, 0.1) is 0 Å². The van der Waals surface area contributed by atoms with E-state index in [4.69, 9.17) is 4.74 Å². The van der Waals surface area contributed by atoms with Gasteiger partial charge in [-0.25, -0.2) is 0 Å². The van der Waals surface area contributed by atoms with Gasteiger partial charge in [0.1, 0.15) is 0 Å². The summed E-state index contributed by atoms with van der Waals surface area (Å²) in [5.41, 5.74) is -0.576. The Bertz CT molecular complexity index is 377. The van der Waals surface area contributed by atoms with Gasteiger partial charge in [-0.1, -0.05) is 18.2 Å². The van der Waals surface area contributed by atoms with Crippen molar-refractivity contribution in [3.8, 4) is 0 Å². The molecule has 2 nitrogen and oxygen atoms in total. The summed E-state index contributed by atoms with van der Waals surface area (Å²) in [6.45, 7) is 4.78. The summed E-state index contributed by atoms with van der Waals surface area (Å²) in [7, 11) is 0. The van der Waals surface area contributed by atoms with Crippen LogP contribution in [-0.4, -0.2) is 19.8 Å². The first-order valence-corrected chi connectivity index (χ1v) is 5.64. The molecule has 1 aromatic carbocycles. The number of rotatable bonds is 7. The zero-order valence-corrected chi connectivity index (χ0v) is 9.96. The number of hydrogen-bond donors (Lipinski definition) is 1. The summed E-state index contributed by atoms with van der Waals surface area (Å²) in [6.07, 6.45) is -1.88. The molecule has 0 radical (unpaired) electrons. The van der Waals surface area contributed by atoms with Crippen molar-refractivity contribution >= 4 is 5.69 Å². The zero-order chi connectivity index (χ0) is 13.4. The van der Waals surface area contributed by atoms with Gasteiger partial charge < -0.3 is 10.1 Å². The molecule has 0 unspecified atom stereocenters. The molecule has 0 amide bonds. The highest BCUT2D eigenvalue weighted by Crippen LogP contribution is 2.34. The van der Waals surface area contributed by atoms with Crippen molar-refractivity contribution in [2.24, 2.45) is 0 Å². The molecule has 0 saturated carbocycles. The SMILES string of the molecule is C=CCCOCCNc1ccccc1C(F)(F)F. The van der Waals surface area contributed by atoms with Crippen molar-refractivity contribution in [2.45, 2.75) is 12.6 Å². The van der Waals surface area contributed by atoms with Crippen LogP contribution in [0.1, 0.15) is 12.0 Å². The zero-order valence-electron chi connectivity index (χ0n) is 9.96. The maximum absolute atomic E-state index is 12.6. The van der Waals surface area contributed by atoms with Crippen molar-refractivity contribution in [1.82, 2.24) is 0 Å². The molecule has 1 aromatic rings. The fourth-order valence-electron chi connectivity index (χ4n) is 1.41. The Morgan fingerprint density at radius 1 is 1.22 bits per heavy atom. The highest BCUT2D eigenvalue weighted by Gasteiger charge is 2.32. The van der Waals surface area contributed by atoms with Crippen molar-refractivity contribution in [2.75, 3.05) is 25.1 Å². The van der Waals surface area contributed by atoms with Gasteiger partial charge in [0.15, 0.2) is 0 Å². The van der Waals surface area contributed by atoms with Gasteiger partial charge in [-0.2, -0.15) is 13.2 Å². The third-order valence-electron chi connectivity index (χ3n) is 2.26. The first-order chi connectivity index (χ1) is 8.55. The molecular weight excluding hydrogens is 243 g/mol. The van der Waals surface area contributed by atoms with Gasteiger partial charge in [-0.05, 0) is 18.6 Å². The number of alkyl halides is 3. The molecule has 0 heterocycles. The lowest BCUT2D eigenvalue weighted by Crippen LogP contribution is -2.14. The smallest absolute Gasteiger partial charge is 0.382 e. The highest BCUT2D eigenvalue weighted by molar-refractivity contribution is 5.52. The van der Waals surface area contributed by atoms with Crippen LogP contribution in [0.5, 0.6) is 0 Å². The average Bonchev–Trinajstić information content (AvgIpc) is 2.33. The van der Waals surface area contributed by atoms with E-state index in [1.54, 1.807) is 12.1 Å². The number of nitrogens with one attached hydrogen (secondary N) is 1. The maximum Gasteiger partial charge on any atom is 0.418 e. The number of ether oxygens (including phenoxy) is 1. The molecule has 5 heteroatoms. The van der Waals surface area contributed by atoms with E-state index in [1.165, 1.54) is 12.1 Å². The Morgan fingerprint density at radius 3 is 2.61 bits per heavy atom. The van der Waals surface area contributed by atoms with Crippen LogP contribution in [-0.2, 0) is 10.9 Å². The van der Waals surface area contributed by atoms with E-state index in [0.717, 1.165) is 12.5 Å². The van der Waals surface area contributed by atoms with E-state index in [-0.39, 0.29) is 5.69 Å². The number of para-hydroxylation sites is 1. The lowest BCUT2D eigenvalue weighted by atomic mass is 10.1. The summed E-state index contributed by atoms with van der Waals surface area (Å²) < 4.78 is 43.1. The van der Waals surface area contributed by atoms with Crippen LogP contribution in [0.15, 0.2) is 36.9 Å². The van der Waals surface area contributed by atoms with Crippen LogP contribution in [0.3, 0.4) is 0 Å². The van der Waals surface area contributed by atoms with Crippen molar-refractivity contribution in [3.05, 3.63) is 42.5 Å². The average molecular weight is 259 g/mol. The van der Waals surface area contributed by atoms with Gasteiger partial charge in [0.2, 0.25) is 0 Å². The fourth-order valence-corrected chi connectivity index (χ4v) is 1.41. The third kappa shape index (κ3) is 4.79. The molecule has 0 spiro atoms. The number of benzene rings is 1. The first kappa shape index (κ1) is 14.6. The summed E-state index contributed by atoms with van der Waals surface area (Å²) in [4.78, 5) is 0. The van der Waals surface area contributed by atoms with Gasteiger partial charge in [0, 0.05) is 12.2 Å². The first-order valence-electron chi connectivity index (χ1n) is 5.64. The maximum atomic E-state index is 12.6. The van der Waals surface area contributed by atoms with Gasteiger partial charge in [-0.15, -0.1) is 6.58 Å². The van der Waals surface area contributed by atoms with Crippen LogP contribution < -0.4 is 5.32 Å². The number of hydrogen-bond acceptors (Lipinski definition) is 2. The minimum Gasteiger partial charge on any atom is -0.382 e. The van der Waals surface area contributed by atoms with Crippen LogP contribution in [0.25, 0.3) is 0 Å². The standard InChI is InChI=1S/C13H16F3NO/c1-2-3-9-18-10-8-17-12-7-5-4-6-11(12)13(14,15)16/h2,4-7,17H,1,3,8-10H2. The summed E-state index contributed by atoms with van der Waals surface area (Å²) in [6, 6.07) is 5.40. The molecule has 0 bridgehead atoms. The van der Waals surface area contributed by atoms with Crippen molar-refractivity contribution in [1.29, 1.82) is 0 Å². The monoisotopic (exact) mass is 259 g/mol. The Balaban J connectivity index is 2.45. The molecule has 0 aliphatic heterocycles. The van der Waals surface area contributed by atoms with E-state index in [1.807, 2.05) is 0 Å². The molecular formula is C13H16F3NO. The molecule has 0 aromatic heterocycles. The Kier molecular flexibility index (Phi) is 5.71. The predicted molar refractivity (Wildman–Crippen MR) is 65.6 cm³/mol. The Morgan fingerprint density at radius 2 is 1.94 bits per heavy atom. The second kappa shape index (κ2) is 7.06. The summed E-state index contributed by atoms with van der Waals surface area (Å²) >= 11 is 0. The third-order valence-corrected chi connectivity index (χ3v) is 2.26. The van der Waals surface area contributed by atoms with E-state index < -0.39 is 11.7 Å². The lowest BCUT2D eigenvalue weighted by Gasteiger charge is -2.14. The van der Waals surface area contributed by atoms with Crippen LogP contribution in [0.2, 0.25) is 0 Å². The molecule has 0 aliphatic carbocycles. The summed E-state index contributed by atoms with van der Waals surface area (Å²) in [5, 5.41) is 2.73. The van der Waals surface area contributed by atoms with Crippen molar-refractivity contribution in [3.63, 3.8) is 0 Å². The Hall–Kier alpha value is -1.49.